The van der Waals surface area contributed by atoms with Crippen molar-refractivity contribution < 1.29 is 29.1 Å². The van der Waals surface area contributed by atoms with E-state index in [0.29, 0.717) is 36.2 Å². The summed E-state index contributed by atoms with van der Waals surface area (Å²) < 4.78 is 3.81. The summed E-state index contributed by atoms with van der Waals surface area (Å²) in [5.41, 5.74) is 6.99. The predicted molar refractivity (Wildman–Crippen MR) is 268 cm³/mol. The minimum atomic E-state index is -0.989. The molecule has 2 unspecified atom stereocenters. The van der Waals surface area contributed by atoms with Gasteiger partial charge in [-0.3, -0.25) is 43.9 Å². The Labute approximate surface area is 413 Å². The van der Waals surface area contributed by atoms with E-state index in [-0.39, 0.29) is 53.4 Å². The molecule has 374 valence electrons. The fourth-order valence-corrected chi connectivity index (χ4v) is 13.0. The van der Waals surface area contributed by atoms with Gasteiger partial charge < -0.3 is 39.2 Å². The number of piperidine rings is 3. The van der Waals surface area contributed by atoms with Crippen molar-refractivity contribution in [3.63, 3.8) is 0 Å². The SMILES string of the molecule is CC(O)[C@@H]1[C@H](N2CCn3c(cc4c3CC(C)(C)C4)C2=O)CCCN1c1cc(Nc2ccc(N3CCN(C4CCN(c5ccc6c(c5)C(=O)N(C5CCC(=O)NC5=O)C6=O)CC4)C[C@@H]3C)cn2)c(=O)n(C)c1. The molecule has 0 radical (unpaired) electrons. The van der Waals surface area contributed by atoms with Gasteiger partial charge >= 0.3 is 0 Å². The van der Waals surface area contributed by atoms with Crippen LogP contribution in [0.2, 0.25) is 0 Å². The standard InChI is InChI=1S/C53H65N11O7/c1-31-29-59(34-14-17-58(18-15-34)35-8-10-38-39(24-35)50(69)64(49(38)68)42-11-13-46(66)56-48(42)67)19-20-60(31)36-9-12-45(54-28-36)55-40-25-37(30-57(5)51(40)70)61-16-6-7-41(47(61)32(2)65)63-22-21-62-43(52(63)71)23-33-26-53(3,4)27-44(33)62/h8-10,12,23-25,28,30-32,34,41-42,47,65H,6-7,11,13-22,26-27,29H2,1-5H3,(H,54,55)(H,56,66,67)/t31-,32?,41+,42?,47+/m0/s1. The van der Waals surface area contributed by atoms with Gasteiger partial charge in [-0.1, -0.05) is 13.8 Å². The maximum Gasteiger partial charge on any atom is 0.274 e. The average Bonchev–Trinajstić information content (AvgIpc) is 3.94. The van der Waals surface area contributed by atoms with Crippen LogP contribution in [0.15, 0.2) is 59.7 Å². The summed E-state index contributed by atoms with van der Waals surface area (Å²) >= 11 is 0. The van der Waals surface area contributed by atoms with Crippen LogP contribution in [0.4, 0.5) is 28.6 Å². The van der Waals surface area contributed by atoms with E-state index < -0.39 is 35.8 Å². The topological polar surface area (TPSA) is 189 Å². The molecule has 4 aromatic rings. The van der Waals surface area contributed by atoms with E-state index in [2.05, 4.69) is 61.6 Å². The zero-order valence-electron chi connectivity index (χ0n) is 41.4. The number of piperazine rings is 1. The maximum absolute atomic E-state index is 14.2. The Morgan fingerprint density at radius 1 is 0.789 bits per heavy atom. The molecule has 9 heterocycles. The Morgan fingerprint density at radius 3 is 2.28 bits per heavy atom. The fourth-order valence-electron chi connectivity index (χ4n) is 13.0. The number of aliphatic hydroxyl groups excluding tert-OH is 1. The minimum Gasteiger partial charge on any atom is -0.391 e. The smallest absolute Gasteiger partial charge is 0.274 e. The van der Waals surface area contributed by atoms with Crippen LogP contribution in [-0.2, 0) is 36.0 Å². The number of benzene rings is 1. The van der Waals surface area contributed by atoms with Crippen LogP contribution < -0.4 is 30.9 Å². The highest BCUT2D eigenvalue weighted by atomic mass is 16.3. The van der Waals surface area contributed by atoms with Gasteiger partial charge in [0.1, 0.15) is 23.2 Å². The van der Waals surface area contributed by atoms with Crippen molar-refractivity contribution >= 4 is 58.1 Å². The van der Waals surface area contributed by atoms with E-state index >= 15 is 0 Å². The van der Waals surface area contributed by atoms with Crippen LogP contribution in [0.3, 0.4) is 0 Å². The largest absolute Gasteiger partial charge is 0.391 e. The third-order valence-electron chi connectivity index (χ3n) is 16.5. The summed E-state index contributed by atoms with van der Waals surface area (Å²) in [7, 11) is 1.74. The number of rotatable bonds is 9. The number of aliphatic hydroxyl groups is 1. The number of fused-ring (bicyclic) bond motifs is 4. The van der Waals surface area contributed by atoms with E-state index in [0.717, 1.165) is 105 Å². The summed E-state index contributed by atoms with van der Waals surface area (Å²) in [4.78, 5) is 96.0. The summed E-state index contributed by atoms with van der Waals surface area (Å²) in [5, 5.41) is 17.0. The molecule has 3 aromatic heterocycles. The second-order valence-electron chi connectivity index (χ2n) is 21.8. The van der Waals surface area contributed by atoms with Gasteiger partial charge in [0.15, 0.2) is 0 Å². The van der Waals surface area contributed by atoms with Crippen molar-refractivity contribution in [3.05, 3.63) is 93.3 Å². The predicted octanol–water partition coefficient (Wildman–Crippen LogP) is 3.91. The van der Waals surface area contributed by atoms with E-state index in [1.54, 1.807) is 30.7 Å². The molecule has 71 heavy (non-hydrogen) atoms. The number of nitrogens with one attached hydrogen (secondary N) is 2. The highest BCUT2D eigenvalue weighted by Gasteiger charge is 2.46. The number of aromatic nitrogens is 3. The van der Waals surface area contributed by atoms with Gasteiger partial charge in [-0.2, -0.15) is 0 Å². The first-order chi connectivity index (χ1) is 34.0. The fraction of sp³-hybridized carbons (Fsp3) is 0.528. The normalized spacial score (nSPS) is 25.4. The molecule has 11 rings (SSSR count). The van der Waals surface area contributed by atoms with Crippen LogP contribution in [-0.4, -0.2) is 146 Å². The minimum absolute atomic E-state index is 0.0330. The number of carbonyl (C=O) groups is 5. The van der Waals surface area contributed by atoms with Crippen molar-refractivity contribution in [2.75, 3.05) is 65.8 Å². The molecule has 3 N–H and O–H groups in total. The van der Waals surface area contributed by atoms with E-state index in [1.165, 1.54) is 11.3 Å². The van der Waals surface area contributed by atoms with Gasteiger partial charge in [-0.05, 0) is 112 Å². The zero-order valence-corrected chi connectivity index (χ0v) is 41.4. The molecular formula is C53H65N11O7. The van der Waals surface area contributed by atoms with Crippen molar-refractivity contribution in [2.24, 2.45) is 12.5 Å². The van der Waals surface area contributed by atoms with Crippen molar-refractivity contribution in [3.8, 4) is 0 Å². The van der Waals surface area contributed by atoms with E-state index in [1.807, 2.05) is 41.6 Å². The lowest BCUT2D eigenvalue weighted by atomic mass is 9.89. The summed E-state index contributed by atoms with van der Waals surface area (Å²) in [6, 6.07) is 12.3. The molecule has 18 heteroatoms. The number of amides is 5. The van der Waals surface area contributed by atoms with E-state index in [4.69, 9.17) is 4.98 Å². The number of anilines is 5. The molecule has 4 saturated heterocycles. The van der Waals surface area contributed by atoms with Gasteiger partial charge in [-0.15, -0.1) is 0 Å². The number of carbonyl (C=O) groups excluding carboxylic acids is 5. The van der Waals surface area contributed by atoms with Gasteiger partial charge in [0.2, 0.25) is 11.8 Å². The Balaban J connectivity index is 0.707. The first-order valence-electron chi connectivity index (χ1n) is 25.6. The second kappa shape index (κ2) is 17.9. The summed E-state index contributed by atoms with van der Waals surface area (Å²) in [6.45, 7) is 14.9. The third kappa shape index (κ3) is 8.35. The van der Waals surface area contributed by atoms with Crippen molar-refractivity contribution in [1.29, 1.82) is 0 Å². The van der Waals surface area contributed by atoms with Gasteiger partial charge in [-0.25, -0.2) is 4.98 Å². The van der Waals surface area contributed by atoms with Gasteiger partial charge in [0.25, 0.3) is 23.3 Å². The lowest BCUT2D eigenvalue weighted by Gasteiger charge is -2.49. The molecule has 5 amide bonds. The Bertz CT molecular complexity index is 2880. The molecular weight excluding hydrogens is 903 g/mol. The maximum atomic E-state index is 14.2. The van der Waals surface area contributed by atoms with Crippen LogP contribution in [0, 0.1) is 5.41 Å². The number of pyridine rings is 2. The van der Waals surface area contributed by atoms with Crippen LogP contribution in [0.1, 0.15) is 109 Å². The molecule has 6 aliphatic heterocycles. The number of imide groups is 2. The average molecular weight is 968 g/mol. The van der Waals surface area contributed by atoms with E-state index in [9.17, 15) is 33.9 Å². The number of hydrogen-bond donors (Lipinski definition) is 3. The van der Waals surface area contributed by atoms with Crippen LogP contribution in [0.5, 0.6) is 0 Å². The molecule has 7 aliphatic rings. The molecule has 18 nitrogen and oxygen atoms in total. The van der Waals surface area contributed by atoms with Gasteiger partial charge in [0.05, 0.1) is 46.9 Å². The summed E-state index contributed by atoms with van der Waals surface area (Å²) in [5.74, 6) is -1.42. The first kappa shape index (κ1) is 46.8. The van der Waals surface area contributed by atoms with Crippen molar-refractivity contribution in [1.82, 2.24) is 34.1 Å². The highest BCUT2D eigenvalue weighted by molar-refractivity contribution is 6.23. The lowest BCUT2D eigenvalue weighted by molar-refractivity contribution is -0.136. The number of aryl methyl sites for hydroxylation is 1. The second-order valence-corrected chi connectivity index (χ2v) is 21.8. The lowest BCUT2D eigenvalue weighted by Crippen LogP contribution is -2.62. The van der Waals surface area contributed by atoms with Crippen molar-refractivity contribution in [2.45, 2.75) is 122 Å². The number of nitrogens with zero attached hydrogens (tertiary/aromatic N) is 9. The quantitative estimate of drug-likeness (QED) is 0.205. The zero-order chi connectivity index (χ0) is 49.6. The third-order valence-corrected chi connectivity index (χ3v) is 16.5. The highest BCUT2D eigenvalue weighted by Crippen LogP contribution is 2.41. The molecule has 4 fully saturated rings. The monoisotopic (exact) mass is 968 g/mol. The molecule has 0 bridgehead atoms. The Morgan fingerprint density at radius 2 is 1.55 bits per heavy atom. The molecule has 5 atom stereocenters. The summed E-state index contributed by atoms with van der Waals surface area (Å²) in [6.07, 6.45) is 8.64. The molecule has 0 saturated carbocycles. The molecule has 1 aliphatic carbocycles. The van der Waals surface area contributed by atoms with Gasteiger partial charge in [0, 0.05) is 95.5 Å². The first-order valence-corrected chi connectivity index (χ1v) is 25.6. The van der Waals surface area contributed by atoms with Crippen LogP contribution >= 0.6 is 0 Å². The number of hydrogen-bond acceptors (Lipinski definition) is 13. The molecule has 0 spiro atoms. The Kier molecular flexibility index (Phi) is 11.8. The van der Waals surface area contributed by atoms with Crippen LogP contribution in [0.25, 0.3) is 0 Å². The molecule has 1 aromatic carbocycles. The Hall–Kier alpha value is -6.53.